The Morgan fingerprint density at radius 2 is 1.01 bits per heavy atom. The van der Waals surface area contributed by atoms with Gasteiger partial charge in [0.15, 0.2) is 0 Å². The first-order chi connectivity index (χ1) is 34.9. The number of thioether (sulfide) groups is 1. The summed E-state index contributed by atoms with van der Waals surface area (Å²) in [5, 5.41) is 5.46. The number of nitrogens with one attached hydrogen (secondary N) is 2. The summed E-state index contributed by atoms with van der Waals surface area (Å²) in [4.78, 5) is 88.1. The summed E-state index contributed by atoms with van der Waals surface area (Å²) < 4.78 is 22.4. The maximum absolute atomic E-state index is 13.4. The summed E-state index contributed by atoms with van der Waals surface area (Å²) in [6.45, 7) is 14.6. The number of rotatable bonds is 43. The Hall–Kier alpha value is -3.69. The number of benzene rings is 1. The summed E-state index contributed by atoms with van der Waals surface area (Å²) in [7, 11) is 0. The van der Waals surface area contributed by atoms with E-state index in [1.165, 1.54) is 152 Å². The third-order valence-corrected chi connectivity index (χ3v) is 13.5. The van der Waals surface area contributed by atoms with E-state index in [2.05, 4.69) is 24.5 Å². The molecular weight excluding hydrogens is 949 g/mol. The maximum Gasteiger partial charge on any atom is 0.373 e. The number of carbonyl (C=O) groups excluding carboxylic acids is 6. The van der Waals surface area contributed by atoms with Crippen molar-refractivity contribution >= 4 is 53.1 Å². The molecule has 1 aliphatic rings. The Bertz CT molecular complexity index is 1710. The lowest BCUT2D eigenvalue weighted by Crippen LogP contribution is -2.48. The lowest BCUT2D eigenvalue weighted by Gasteiger charge is -2.26. The molecule has 73 heavy (non-hydrogen) atoms. The Kier molecular flexibility index (Phi) is 34.0. The van der Waals surface area contributed by atoms with Crippen LogP contribution in [-0.4, -0.2) is 82.9 Å². The van der Waals surface area contributed by atoms with E-state index in [-0.39, 0.29) is 42.9 Å². The molecule has 2 amide bonds. The number of ether oxygens (including phenoxy) is 4. The molecule has 2 atom stereocenters. The molecule has 0 aliphatic carbocycles. The molecule has 0 aromatic heterocycles. The maximum atomic E-state index is 13.4. The molecule has 418 valence electrons. The van der Waals surface area contributed by atoms with Gasteiger partial charge in [0.2, 0.25) is 5.91 Å². The van der Waals surface area contributed by atoms with Crippen LogP contribution >= 0.6 is 11.8 Å². The second kappa shape index (κ2) is 37.9. The fourth-order valence-electron chi connectivity index (χ4n) is 8.20. The van der Waals surface area contributed by atoms with E-state index >= 15 is 0 Å². The molecule has 15 heteroatoms. The highest BCUT2D eigenvalue weighted by atomic mass is 32.2. The normalized spacial score (nSPS) is 13.9. The van der Waals surface area contributed by atoms with E-state index in [0.29, 0.717) is 30.0 Å². The van der Waals surface area contributed by atoms with Gasteiger partial charge in [-0.15, -0.1) is 0 Å². The zero-order valence-corrected chi connectivity index (χ0v) is 47.4. The van der Waals surface area contributed by atoms with Crippen LogP contribution in [0.25, 0.3) is 0 Å². The van der Waals surface area contributed by atoms with Gasteiger partial charge in [-0.2, -0.15) is 21.5 Å². The van der Waals surface area contributed by atoms with Gasteiger partial charge in [0, 0.05) is 48.4 Å². The third-order valence-electron chi connectivity index (χ3n) is 12.4. The number of carbonyl (C=O) groups is 6. The van der Waals surface area contributed by atoms with Crippen molar-refractivity contribution in [1.82, 2.24) is 5.32 Å². The molecule has 1 fully saturated rings. The molecule has 2 rings (SSSR count). The van der Waals surface area contributed by atoms with Crippen molar-refractivity contribution in [2.75, 3.05) is 23.4 Å². The van der Waals surface area contributed by atoms with Gasteiger partial charge in [0.1, 0.15) is 30.0 Å². The molecule has 1 unspecified atom stereocenters. The van der Waals surface area contributed by atoms with Gasteiger partial charge in [-0.3, -0.25) is 19.2 Å². The van der Waals surface area contributed by atoms with Gasteiger partial charge in [-0.1, -0.05) is 168 Å². The Balaban J connectivity index is 1.84. The molecule has 1 aromatic rings. The number of unbranched alkanes of at least 4 members (excludes halogenated alkanes) is 24. The van der Waals surface area contributed by atoms with Crippen LogP contribution in [0.3, 0.4) is 0 Å². The molecular formula is C58H98N2O12S. The minimum Gasteiger partial charge on any atom is -0.462 e. The van der Waals surface area contributed by atoms with Crippen molar-refractivity contribution in [3.8, 4) is 0 Å². The fourth-order valence-corrected chi connectivity index (χ4v) is 9.13. The van der Waals surface area contributed by atoms with Gasteiger partial charge in [0.25, 0.3) is 5.91 Å². The van der Waals surface area contributed by atoms with Crippen LogP contribution in [0.15, 0.2) is 24.3 Å². The smallest absolute Gasteiger partial charge is 0.373 e. The van der Waals surface area contributed by atoms with Crippen molar-refractivity contribution in [3.63, 3.8) is 0 Å². The lowest BCUT2D eigenvalue weighted by molar-refractivity contribution is -0.165. The minimum atomic E-state index is -1.87. The molecule has 1 aliphatic heterocycles. The number of esters is 4. The number of anilines is 1. The zero-order valence-electron chi connectivity index (χ0n) is 46.6. The van der Waals surface area contributed by atoms with Crippen LogP contribution in [0, 0.1) is 0 Å². The Morgan fingerprint density at radius 1 is 0.575 bits per heavy atom. The summed E-state index contributed by atoms with van der Waals surface area (Å²) in [5.41, 5.74) is -1.10. The predicted octanol–water partition coefficient (Wildman–Crippen LogP) is 14.0. The number of hydrogen-bond donors (Lipinski definition) is 2. The molecule has 1 aromatic carbocycles. The standard InChI is InChI=1S/C58H98N2O12S/c1-9-11-13-15-17-19-21-23-25-27-29-31-33-35-51(62)67-44-48(68-52(63)36-34-32-30-28-26-24-22-20-18-16-14-12-10-2)45-73-42-41-50(61)59-47-39-37-46(38-40-47)53(64)60-49(54(65)69-56(3,4)5)43-58(71-72-58)55(66)70-57(6,7)8/h37-40,48-49H,9-36,41-45H2,1-8H3,(H,59,61)(H,60,64)/t48?,49-/m0/s1. The predicted molar refractivity (Wildman–Crippen MR) is 291 cm³/mol. The first-order valence-electron chi connectivity index (χ1n) is 28.3. The quantitative estimate of drug-likeness (QED) is 0.0207. The van der Waals surface area contributed by atoms with E-state index in [9.17, 15) is 28.8 Å². The van der Waals surface area contributed by atoms with Crippen LogP contribution in [-0.2, 0) is 52.7 Å². The second-order valence-corrected chi connectivity index (χ2v) is 23.1. The molecule has 0 radical (unpaired) electrons. The van der Waals surface area contributed by atoms with Crippen LogP contribution < -0.4 is 10.6 Å². The third kappa shape index (κ3) is 33.8. The van der Waals surface area contributed by atoms with E-state index in [4.69, 9.17) is 28.7 Å². The van der Waals surface area contributed by atoms with E-state index in [1.54, 1.807) is 53.7 Å². The molecule has 1 heterocycles. The van der Waals surface area contributed by atoms with Crippen LogP contribution in [0.1, 0.15) is 258 Å². The second-order valence-electron chi connectivity index (χ2n) is 21.9. The molecule has 1 saturated heterocycles. The van der Waals surface area contributed by atoms with E-state index in [1.807, 2.05) is 0 Å². The van der Waals surface area contributed by atoms with Crippen LogP contribution in [0.2, 0.25) is 0 Å². The van der Waals surface area contributed by atoms with Gasteiger partial charge < -0.3 is 29.6 Å². The van der Waals surface area contributed by atoms with Crippen molar-refractivity contribution < 1.29 is 57.5 Å². The highest BCUT2D eigenvalue weighted by Crippen LogP contribution is 2.38. The topological polar surface area (TPSA) is 188 Å². The summed E-state index contributed by atoms with van der Waals surface area (Å²) in [5.74, 6) is -4.18. The molecule has 0 bridgehead atoms. The summed E-state index contributed by atoms with van der Waals surface area (Å²) >= 11 is 1.44. The van der Waals surface area contributed by atoms with Gasteiger partial charge in [-0.25, -0.2) is 9.59 Å². The molecule has 2 N–H and O–H groups in total. The Labute approximate surface area is 444 Å². The first-order valence-corrected chi connectivity index (χ1v) is 29.5. The first kappa shape index (κ1) is 65.4. The van der Waals surface area contributed by atoms with E-state index < -0.39 is 47.0 Å². The fraction of sp³-hybridized carbons (Fsp3) is 0.793. The average molecular weight is 1050 g/mol. The van der Waals surface area contributed by atoms with Gasteiger partial charge >= 0.3 is 29.7 Å². The van der Waals surface area contributed by atoms with Gasteiger partial charge in [-0.05, 0) is 78.6 Å². The average Bonchev–Trinajstić information content (AvgIpc) is 4.12. The van der Waals surface area contributed by atoms with Crippen molar-refractivity contribution in [1.29, 1.82) is 0 Å². The highest BCUT2D eigenvalue weighted by Gasteiger charge is 2.61. The molecule has 14 nitrogen and oxygen atoms in total. The van der Waals surface area contributed by atoms with Gasteiger partial charge in [0.05, 0.1) is 0 Å². The van der Waals surface area contributed by atoms with Crippen molar-refractivity contribution in [2.24, 2.45) is 0 Å². The molecule has 0 saturated carbocycles. The number of amides is 2. The lowest BCUT2D eigenvalue weighted by atomic mass is 10.0. The van der Waals surface area contributed by atoms with Crippen molar-refractivity contribution in [2.45, 2.75) is 277 Å². The van der Waals surface area contributed by atoms with Crippen LogP contribution in [0.4, 0.5) is 5.69 Å². The number of hydrogen-bond acceptors (Lipinski definition) is 13. The van der Waals surface area contributed by atoms with Crippen molar-refractivity contribution in [3.05, 3.63) is 29.8 Å². The van der Waals surface area contributed by atoms with Crippen LogP contribution in [0.5, 0.6) is 0 Å². The molecule has 0 spiro atoms. The Morgan fingerprint density at radius 3 is 1.45 bits per heavy atom. The summed E-state index contributed by atoms with van der Waals surface area (Å²) in [6.07, 6.45) is 31.6. The van der Waals surface area contributed by atoms with E-state index in [0.717, 1.165) is 38.5 Å². The highest BCUT2D eigenvalue weighted by molar-refractivity contribution is 7.99. The SMILES string of the molecule is CCCCCCCCCCCCCCCC(=O)OCC(CSCCC(=O)Nc1ccc(C(=O)N[C@@H](CC2(C(=O)OC(C)(C)C)OO2)C(=O)OC(C)(C)C)cc1)OC(=O)CCCCCCCCCCCCCCC. The zero-order chi connectivity index (χ0) is 53.8. The largest absolute Gasteiger partial charge is 0.462 e. The monoisotopic (exact) mass is 1050 g/mol. The summed E-state index contributed by atoms with van der Waals surface area (Å²) in [6, 6.07) is 4.80. The minimum absolute atomic E-state index is 0.0224.